The molecule has 5 rings (SSSR count). The highest BCUT2D eigenvalue weighted by molar-refractivity contribution is 7.22. The van der Waals surface area contributed by atoms with Gasteiger partial charge in [0, 0.05) is 43.3 Å². The molecule has 1 amide bonds. The number of rotatable bonds is 11. The molecule has 0 bridgehead atoms. The van der Waals surface area contributed by atoms with Gasteiger partial charge in [0.25, 0.3) is 5.91 Å². The normalized spacial score (nSPS) is 13.8. The Morgan fingerprint density at radius 2 is 2.05 bits per heavy atom. The van der Waals surface area contributed by atoms with Gasteiger partial charge in [0.05, 0.1) is 34.8 Å². The molecular weight excluding hydrogens is 541 g/mol. The van der Waals surface area contributed by atoms with E-state index in [0.29, 0.717) is 49.4 Å². The molecule has 1 aliphatic rings. The van der Waals surface area contributed by atoms with Gasteiger partial charge in [-0.15, -0.1) is 0 Å². The first kappa shape index (κ1) is 28.5. The lowest BCUT2D eigenvalue weighted by Crippen LogP contribution is -2.43. The van der Waals surface area contributed by atoms with Crippen molar-refractivity contribution >= 4 is 44.0 Å². The maximum absolute atomic E-state index is 14.8. The van der Waals surface area contributed by atoms with Gasteiger partial charge in [0.1, 0.15) is 6.61 Å². The summed E-state index contributed by atoms with van der Waals surface area (Å²) in [5, 5.41) is 3.83. The molecule has 8 nitrogen and oxygen atoms in total. The molecular formula is C31H34FN5O3S. The molecule has 0 spiro atoms. The summed E-state index contributed by atoms with van der Waals surface area (Å²) in [5.74, 6) is -0.324. The van der Waals surface area contributed by atoms with Crippen LogP contribution in [0, 0.1) is 5.82 Å². The molecule has 0 aliphatic carbocycles. The second-order valence-corrected chi connectivity index (χ2v) is 10.7. The number of carbonyl (C=O) groups is 1. The lowest BCUT2D eigenvalue weighted by atomic mass is 10.2. The monoisotopic (exact) mass is 575 g/mol. The van der Waals surface area contributed by atoms with Gasteiger partial charge < -0.3 is 24.6 Å². The second kappa shape index (κ2) is 13.6. The Labute approximate surface area is 243 Å². The van der Waals surface area contributed by atoms with E-state index in [0.717, 1.165) is 34.4 Å². The number of hydrogen-bond acceptors (Lipinski definition) is 8. The fraction of sp³-hybridized carbons (Fsp3) is 0.323. The van der Waals surface area contributed by atoms with Gasteiger partial charge in [0.2, 0.25) is 0 Å². The zero-order chi connectivity index (χ0) is 28.6. The number of fused-ring (bicyclic) bond motifs is 1. The largest absolute Gasteiger partial charge is 0.484 e. The minimum Gasteiger partial charge on any atom is -0.484 e. The number of unbranched alkanes of at least 4 members (excludes halogenated alkanes) is 1. The lowest BCUT2D eigenvalue weighted by Gasteiger charge is -2.33. The summed E-state index contributed by atoms with van der Waals surface area (Å²) in [5.41, 5.74) is 3.63. The average Bonchev–Trinajstić information content (AvgIpc) is 3.40. The van der Waals surface area contributed by atoms with Gasteiger partial charge in [-0.25, -0.2) is 9.37 Å². The zero-order valence-corrected chi connectivity index (χ0v) is 24.1. The number of pyridine rings is 1. The minimum absolute atomic E-state index is 0.00843. The van der Waals surface area contributed by atoms with Crippen molar-refractivity contribution < 1.29 is 18.7 Å². The Hall–Kier alpha value is -4.02. The highest BCUT2D eigenvalue weighted by Crippen LogP contribution is 2.33. The van der Waals surface area contributed by atoms with E-state index in [1.54, 1.807) is 18.3 Å². The Kier molecular flexibility index (Phi) is 9.43. The summed E-state index contributed by atoms with van der Waals surface area (Å²) < 4.78 is 26.8. The van der Waals surface area contributed by atoms with Gasteiger partial charge in [-0.05, 0) is 55.8 Å². The summed E-state index contributed by atoms with van der Waals surface area (Å²) in [6.45, 7) is 7.48. The number of hydrogen-bond donors (Lipinski definition) is 1. The number of nitrogens with zero attached hydrogens (tertiary/aromatic N) is 4. The number of amides is 1. The van der Waals surface area contributed by atoms with Crippen molar-refractivity contribution in [1.29, 1.82) is 0 Å². The molecule has 0 atom stereocenters. The van der Waals surface area contributed by atoms with E-state index in [1.165, 1.54) is 17.4 Å². The van der Waals surface area contributed by atoms with Crippen molar-refractivity contribution in [3.05, 3.63) is 84.1 Å². The van der Waals surface area contributed by atoms with Crippen molar-refractivity contribution in [2.75, 3.05) is 43.1 Å². The summed E-state index contributed by atoms with van der Waals surface area (Å²) in [6, 6.07) is 16.1. The Balaban J connectivity index is 1.31. The van der Waals surface area contributed by atoms with Crippen molar-refractivity contribution in [1.82, 2.24) is 14.9 Å². The molecule has 2 aromatic heterocycles. The first-order valence-electron chi connectivity index (χ1n) is 13.9. The van der Waals surface area contributed by atoms with E-state index in [9.17, 15) is 9.18 Å². The van der Waals surface area contributed by atoms with Gasteiger partial charge in [0.15, 0.2) is 16.7 Å². The van der Waals surface area contributed by atoms with Gasteiger partial charge >= 0.3 is 0 Å². The maximum Gasteiger partial charge on any atom is 0.274 e. The molecule has 3 heterocycles. The summed E-state index contributed by atoms with van der Waals surface area (Å²) in [6.07, 6.45) is 5.45. The molecule has 1 fully saturated rings. The molecule has 0 saturated carbocycles. The van der Waals surface area contributed by atoms with E-state index in [2.05, 4.69) is 27.1 Å². The number of ether oxygens (including phenoxy) is 2. The number of nitrogens with one attached hydrogen (secondary N) is 1. The summed E-state index contributed by atoms with van der Waals surface area (Å²) in [7, 11) is 0. The van der Waals surface area contributed by atoms with Crippen LogP contribution in [-0.4, -0.2) is 53.6 Å². The number of morpholine rings is 1. The zero-order valence-electron chi connectivity index (χ0n) is 23.3. The first-order chi connectivity index (χ1) is 20.1. The molecule has 2 aromatic carbocycles. The van der Waals surface area contributed by atoms with Gasteiger partial charge in [-0.2, -0.15) is 0 Å². The molecule has 0 unspecified atom stereocenters. The van der Waals surface area contributed by atoms with Crippen LogP contribution in [-0.2, 0) is 16.1 Å². The van der Waals surface area contributed by atoms with Gasteiger partial charge in [-0.3, -0.25) is 9.78 Å². The van der Waals surface area contributed by atoms with Crippen LogP contribution in [0.2, 0.25) is 0 Å². The average molecular weight is 576 g/mol. The van der Waals surface area contributed by atoms with E-state index in [1.807, 2.05) is 54.3 Å². The van der Waals surface area contributed by atoms with Crippen molar-refractivity contribution in [3.8, 4) is 5.75 Å². The molecule has 4 aromatic rings. The SMILES string of the molecule is C/C=C(\C(=O)N(CCCC)c1ccc2nc(Nc3ccc(OCc4ccccn4)c(F)c3)sc2c1)N1CCOCC1. The molecule has 0 radical (unpaired) electrons. The number of thiazole rings is 1. The molecule has 1 N–H and O–H groups in total. The molecule has 1 aliphatic heterocycles. The lowest BCUT2D eigenvalue weighted by molar-refractivity contribution is -0.117. The summed E-state index contributed by atoms with van der Waals surface area (Å²) >= 11 is 1.46. The predicted molar refractivity (Wildman–Crippen MR) is 161 cm³/mol. The van der Waals surface area contributed by atoms with E-state index >= 15 is 0 Å². The molecule has 10 heteroatoms. The van der Waals surface area contributed by atoms with Crippen LogP contribution in [0.5, 0.6) is 5.75 Å². The van der Waals surface area contributed by atoms with E-state index < -0.39 is 5.82 Å². The van der Waals surface area contributed by atoms with Crippen LogP contribution in [0.4, 0.5) is 20.9 Å². The Bertz CT molecular complexity index is 1500. The number of benzene rings is 2. The van der Waals surface area contributed by atoms with Crippen molar-refractivity contribution in [2.45, 2.75) is 33.3 Å². The van der Waals surface area contributed by atoms with Crippen molar-refractivity contribution in [2.24, 2.45) is 0 Å². The van der Waals surface area contributed by atoms with Crippen LogP contribution in [0.3, 0.4) is 0 Å². The highest BCUT2D eigenvalue weighted by Gasteiger charge is 2.25. The third-order valence-corrected chi connectivity index (χ3v) is 7.73. The quantitative estimate of drug-likeness (QED) is 0.204. The second-order valence-electron chi connectivity index (χ2n) is 9.63. The molecule has 41 heavy (non-hydrogen) atoms. The number of aromatic nitrogens is 2. The first-order valence-corrected chi connectivity index (χ1v) is 14.7. The van der Waals surface area contributed by atoms with Crippen molar-refractivity contribution in [3.63, 3.8) is 0 Å². The van der Waals surface area contributed by atoms with Crippen LogP contribution in [0.25, 0.3) is 10.2 Å². The van der Waals surface area contributed by atoms with E-state index in [4.69, 9.17) is 9.47 Å². The van der Waals surface area contributed by atoms with Crippen LogP contribution in [0.15, 0.2) is 72.6 Å². The number of anilines is 3. The smallest absolute Gasteiger partial charge is 0.274 e. The maximum atomic E-state index is 14.8. The Morgan fingerprint density at radius 1 is 1.20 bits per heavy atom. The third kappa shape index (κ3) is 7.01. The number of halogens is 1. The number of carbonyl (C=O) groups excluding carboxylic acids is 1. The molecule has 1 saturated heterocycles. The van der Waals surface area contributed by atoms with E-state index in [-0.39, 0.29) is 18.3 Å². The standard InChI is InChI=1S/C31H34FN5O3S/c1-3-5-14-37(30(38)27(4-2)36-15-17-39-18-16-36)24-10-11-26-29(20-24)41-31(35-26)34-22-9-12-28(25(32)19-22)40-21-23-8-6-7-13-33-23/h4,6-13,19-20H,3,5,14-18,21H2,1-2H3,(H,34,35)/b27-4+. The molecule has 214 valence electrons. The number of allylic oxidation sites excluding steroid dienone is 1. The third-order valence-electron chi connectivity index (χ3n) is 6.79. The Morgan fingerprint density at radius 3 is 2.78 bits per heavy atom. The van der Waals surface area contributed by atoms with Crippen LogP contribution in [0.1, 0.15) is 32.4 Å². The van der Waals surface area contributed by atoms with Gasteiger partial charge in [-0.1, -0.05) is 36.8 Å². The predicted octanol–water partition coefficient (Wildman–Crippen LogP) is 6.52. The fourth-order valence-electron chi connectivity index (χ4n) is 4.64. The van der Waals surface area contributed by atoms with Crippen LogP contribution >= 0.6 is 11.3 Å². The topological polar surface area (TPSA) is 79.8 Å². The highest BCUT2D eigenvalue weighted by atomic mass is 32.1. The fourth-order valence-corrected chi connectivity index (χ4v) is 5.56. The van der Waals surface area contributed by atoms with Crippen LogP contribution < -0.4 is 15.0 Å². The summed E-state index contributed by atoms with van der Waals surface area (Å²) in [4.78, 5) is 26.6. The minimum atomic E-state index is -0.473.